The first kappa shape index (κ1) is 20.2. The van der Waals surface area contributed by atoms with Crippen molar-refractivity contribution in [1.29, 1.82) is 0 Å². The Labute approximate surface area is 178 Å². The molecular weight excluding hydrogens is 401 g/mol. The summed E-state index contributed by atoms with van der Waals surface area (Å²) in [4.78, 5) is 15.7. The maximum Gasteiger partial charge on any atom is 0.211 e. The summed E-state index contributed by atoms with van der Waals surface area (Å²) in [5.41, 5.74) is 3.78. The van der Waals surface area contributed by atoms with Crippen molar-refractivity contribution in [3.05, 3.63) is 60.7 Å². The van der Waals surface area contributed by atoms with Crippen molar-refractivity contribution in [2.75, 3.05) is 26.6 Å². The predicted molar refractivity (Wildman–Crippen MR) is 115 cm³/mol. The third-order valence-electron chi connectivity index (χ3n) is 4.97. The Kier molecular flexibility index (Phi) is 5.44. The van der Waals surface area contributed by atoms with Crippen LogP contribution in [0.5, 0.6) is 17.2 Å². The minimum atomic E-state index is -0.397. The van der Waals surface area contributed by atoms with Crippen LogP contribution in [0.3, 0.4) is 0 Å². The molecule has 8 heteroatoms. The fourth-order valence-corrected chi connectivity index (χ4v) is 3.52. The quantitative estimate of drug-likeness (QED) is 0.448. The number of anilines is 1. The number of carbonyl (C=O) groups is 1. The third kappa shape index (κ3) is 3.63. The molecule has 31 heavy (non-hydrogen) atoms. The van der Waals surface area contributed by atoms with Crippen molar-refractivity contribution in [2.24, 2.45) is 0 Å². The lowest BCUT2D eigenvalue weighted by Gasteiger charge is -2.13. The van der Waals surface area contributed by atoms with Gasteiger partial charge in [0.2, 0.25) is 6.41 Å². The second-order valence-electron chi connectivity index (χ2n) is 6.66. The second-order valence-corrected chi connectivity index (χ2v) is 6.66. The molecule has 0 unspecified atom stereocenters. The Morgan fingerprint density at radius 2 is 1.68 bits per heavy atom. The topological polar surface area (TPSA) is 74.1 Å². The second kappa shape index (κ2) is 8.35. The maximum atomic E-state index is 14.0. The molecule has 0 aliphatic carbocycles. The summed E-state index contributed by atoms with van der Waals surface area (Å²) in [6.07, 6.45) is 4.09. The first-order valence-corrected chi connectivity index (χ1v) is 9.37. The van der Waals surface area contributed by atoms with Crippen molar-refractivity contribution in [2.45, 2.75) is 0 Å². The number of nitrogens with zero attached hydrogens (tertiary/aromatic N) is 2. The Bertz CT molecular complexity index is 1270. The van der Waals surface area contributed by atoms with Gasteiger partial charge in [0.05, 0.1) is 38.9 Å². The Morgan fingerprint density at radius 3 is 2.39 bits per heavy atom. The number of ether oxygens (including phenoxy) is 3. The molecule has 0 saturated heterocycles. The van der Waals surface area contributed by atoms with E-state index in [1.165, 1.54) is 19.2 Å². The number of methoxy groups -OCH3 is 3. The maximum absolute atomic E-state index is 14.0. The molecule has 0 fully saturated rings. The largest absolute Gasteiger partial charge is 0.496 e. The van der Waals surface area contributed by atoms with E-state index in [1.807, 2.05) is 22.7 Å². The van der Waals surface area contributed by atoms with Gasteiger partial charge in [0.25, 0.3) is 0 Å². The molecule has 4 rings (SSSR count). The summed E-state index contributed by atoms with van der Waals surface area (Å²) >= 11 is 0. The summed E-state index contributed by atoms with van der Waals surface area (Å²) in [5.74, 6) is 1.29. The van der Waals surface area contributed by atoms with Crippen LogP contribution < -0.4 is 19.5 Å². The van der Waals surface area contributed by atoms with Gasteiger partial charge in [-0.3, -0.25) is 9.20 Å². The van der Waals surface area contributed by atoms with Crippen LogP contribution in [0.15, 0.2) is 54.9 Å². The first-order chi connectivity index (χ1) is 15.1. The van der Waals surface area contributed by atoms with Gasteiger partial charge in [0, 0.05) is 22.9 Å². The number of rotatable bonds is 7. The number of aromatic nitrogens is 2. The highest BCUT2D eigenvalue weighted by Gasteiger charge is 2.16. The molecule has 0 saturated carbocycles. The normalized spacial score (nSPS) is 10.7. The molecule has 2 aromatic carbocycles. The van der Waals surface area contributed by atoms with E-state index >= 15 is 0 Å². The van der Waals surface area contributed by atoms with Crippen molar-refractivity contribution < 1.29 is 23.4 Å². The van der Waals surface area contributed by atoms with Crippen LogP contribution >= 0.6 is 0 Å². The van der Waals surface area contributed by atoms with Gasteiger partial charge < -0.3 is 19.5 Å². The highest BCUT2D eigenvalue weighted by molar-refractivity contribution is 5.87. The Balaban J connectivity index is 1.96. The smallest absolute Gasteiger partial charge is 0.211 e. The summed E-state index contributed by atoms with van der Waals surface area (Å²) in [6, 6.07) is 11.5. The van der Waals surface area contributed by atoms with Gasteiger partial charge in [0.15, 0.2) is 17.1 Å². The minimum absolute atomic E-state index is 0.397. The Morgan fingerprint density at radius 1 is 0.935 bits per heavy atom. The number of fused-ring (bicyclic) bond motifs is 1. The Hall–Kier alpha value is -4.07. The van der Waals surface area contributed by atoms with Gasteiger partial charge in [0.1, 0.15) is 11.6 Å². The zero-order valence-electron chi connectivity index (χ0n) is 17.2. The van der Waals surface area contributed by atoms with Crippen molar-refractivity contribution >= 4 is 17.7 Å². The summed E-state index contributed by atoms with van der Waals surface area (Å²) < 4.78 is 32.0. The first-order valence-electron chi connectivity index (χ1n) is 9.37. The van der Waals surface area contributed by atoms with E-state index in [4.69, 9.17) is 14.2 Å². The lowest BCUT2D eigenvalue weighted by Crippen LogP contribution is -2.00. The molecule has 1 amide bonds. The lowest BCUT2D eigenvalue weighted by atomic mass is 10.1. The molecule has 0 radical (unpaired) electrons. The van der Waals surface area contributed by atoms with Gasteiger partial charge in [-0.05, 0) is 42.5 Å². The highest BCUT2D eigenvalue weighted by Crippen LogP contribution is 2.37. The average Bonchev–Trinajstić information content (AvgIpc) is 3.23. The summed E-state index contributed by atoms with van der Waals surface area (Å²) in [7, 11) is 4.66. The number of halogens is 1. The average molecular weight is 421 g/mol. The van der Waals surface area contributed by atoms with Gasteiger partial charge >= 0.3 is 0 Å². The van der Waals surface area contributed by atoms with Crippen LogP contribution in [0.2, 0.25) is 0 Å². The number of imidazole rings is 1. The zero-order chi connectivity index (χ0) is 22.0. The van der Waals surface area contributed by atoms with Crippen molar-refractivity contribution in [1.82, 2.24) is 9.38 Å². The van der Waals surface area contributed by atoms with Crippen molar-refractivity contribution in [3.63, 3.8) is 0 Å². The fourth-order valence-electron chi connectivity index (χ4n) is 3.52. The van der Waals surface area contributed by atoms with Gasteiger partial charge in [-0.2, -0.15) is 0 Å². The molecule has 0 spiro atoms. The predicted octanol–water partition coefficient (Wildman–Crippen LogP) is 4.40. The number of amides is 1. The SMILES string of the molecule is COc1ccc(-c2cnc3c(NC=O)cc(-c4cc(F)ccc4OC)cn23)cc1OC. The molecule has 7 nitrogen and oxygen atoms in total. The van der Waals surface area contributed by atoms with Gasteiger partial charge in [-0.25, -0.2) is 9.37 Å². The number of hydrogen-bond donors (Lipinski definition) is 1. The van der Waals surface area contributed by atoms with E-state index in [0.717, 1.165) is 11.3 Å². The summed E-state index contributed by atoms with van der Waals surface area (Å²) in [6.45, 7) is 0. The number of pyridine rings is 1. The monoisotopic (exact) mass is 421 g/mol. The van der Waals surface area contributed by atoms with Crippen LogP contribution in [0.1, 0.15) is 0 Å². The zero-order valence-corrected chi connectivity index (χ0v) is 17.2. The number of hydrogen-bond acceptors (Lipinski definition) is 5. The van der Waals surface area contributed by atoms with E-state index in [-0.39, 0.29) is 0 Å². The molecule has 158 valence electrons. The minimum Gasteiger partial charge on any atom is -0.496 e. The molecule has 2 heterocycles. The number of carbonyl (C=O) groups excluding carboxylic acids is 1. The fraction of sp³-hybridized carbons (Fsp3) is 0.130. The molecule has 0 bridgehead atoms. The number of nitrogens with one attached hydrogen (secondary N) is 1. The van der Waals surface area contributed by atoms with Crippen LogP contribution in [0.4, 0.5) is 10.1 Å². The van der Waals surface area contributed by atoms with Crippen molar-refractivity contribution in [3.8, 4) is 39.6 Å². The molecular formula is C23H20FN3O4. The van der Waals surface area contributed by atoms with E-state index in [9.17, 15) is 9.18 Å². The lowest BCUT2D eigenvalue weighted by molar-refractivity contribution is -0.105. The van der Waals surface area contributed by atoms with Gasteiger partial charge in [-0.15, -0.1) is 0 Å². The van der Waals surface area contributed by atoms with Crippen LogP contribution in [-0.4, -0.2) is 37.1 Å². The number of benzene rings is 2. The molecule has 2 aromatic heterocycles. The molecule has 0 aliphatic rings. The van der Waals surface area contributed by atoms with Crippen LogP contribution in [0.25, 0.3) is 28.0 Å². The molecule has 0 atom stereocenters. The van der Waals surface area contributed by atoms with E-state index in [0.29, 0.717) is 46.1 Å². The highest BCUT2D eigenvalue weighted by atomic mass is 19.1. The molecule has 4 aromatic rings. The third-order valence-corrected chi connectivity index (χ3v) is 4.97. The van der Waals surface area contributed by atoms with E-state index in [1.54, 1.807) is 38.6 Å². The van der Waals surface area contributed by atoms with E-state index in [2.05, 4.69) is 10.3 Å². The summed E-state index contributed by atoms with van der Waals surface area (Å²) in [5, 5.41) is 2.68. The van der Waals surface area contributed by atoms with Crippen LogP contribution in [-0.2, 0) is 4.79 Å². The van der Waals surface area contributed by atoms with E-state index < -0.39 is 5.82 Å². The van der Waals surface area contributed by atoms with Gasteiger partial charge in [-0.1, -0.05) is 0 Å². The molecule has 0 aliphatic heterocycles. The van der Waals surface area contributed by atoms with Crippen LogP contribution in [0, 0.1) is 5.82 Å². The standard InChI is InChI=1S/C23H20FN3O4/c1-29-20-7-5-16(24)10-17(20)15-8-18(26-13-28)23-25-11-19(27(23)12-15)14-4-6-21(30-2)22(9-14)31-3/h4-13H,1-3H3,(H,26,28). The molecule has 1 N–H and O–H groups in total.